The van der Waals surface area contributed by atoms with Gasteiger partial charge in [0.25, 0.3) is 0 Å². The number of aliphatic carboxylic acids is 1. The van der Waals surface area contributed by atoms with Crippen LogP contribution in [0.5, 0.6) is 0 Å². The second-order valence-corrected chi connectivity index (χ2v) is 5.51. The van der Waals surface area contributed by atoms with Crippen molar-refractivity contribution >= 4 is 17.6 Å². The molecule has 2 N–H and O–H groups in total. The summed E-state index contributed by atoms with van der Waals surface area (Å²) < 4.78 is 12.8. The average Bonchev–Trinajstić information content (AvgIpc) is 2.79. The van der Waals surface area contributed by atoms with Crippen molar-refractivity contribution in [2.45, 2.75) is 38.5 Å². The minimum Gasteiger partial charge on any atom is -0.481 e. The molecule has 1 fully saturated rings. The van der Waals surface area contributed by atoms with Crippen molar-refractivity contribution in [3.05, 3.63) is 30.1 Å². The zero-order valence-corrected chi connectivity index (χ0v) is 11.2. The van der Waals surface area contributed by atoms with Crippen LogP contribution >= 0.6 is 0 Å². The van der Waals surface area contributed by atoms with Crippen molar-refractivity contribution in [2.24, 2.45) is 5.41 Å². The Balaban J connectivity index is 1.98. The van der Waals surface area contributed by atoms with Gasteiger partial charge >= 0.3 is 5.97 Å². The van der Waals surface area contributed by atoms with Crippen LogP contribution in [0.3, 0.4) is 0 Å². The van der Waals surface area contributed by atoms with E-state index in [2.05, 4.69) is 5.32 Å². The number of nitrogens with one attached hydrogen (secondary N) is 1. The number of rotatable bonds is 5. The van der Waals surface area contributed by atoms with Gasteiger partial charge in [0.15, 0.2) is 0 Å². The number of hydrogen-bond acceptors (Lipinski definition) is 2. The molecule has 1 aromatic carbocycles. The number of benzene rings is 1. The molecule has 4 nitrogen and oxygen atoms in total. The Morgan fingerprint density at radius 2 is 1.75 bits per heavy atom. The van der Waals surface area contributed by atoms with E-state index in [9.17, 15) is 14.0 Å². The molecule has 20 heavy (non-hydrogen) atoms. The highest BCUT2D eigenvalue weighted by Gasteiger charge is 2.37. The number of carboxylic acid groups (broad SMARTS) is 1. The Kier molecular flexibility index (Phi) is 4.37. The van der Waals surface area contributed by atoms with E-state index in [1.165, 1.54) is 24.3 Å². The molecule has 1 aliphatic carbocycles. The molecule has 0 aromatic heterocycles. The monoisotopic (exact) mass is 279 g/mol. The van der Waals surface area contributed by atoms with Gasteiger partial charge in [-0.05, 0) is 42.5 Å². The highest BCUT2D eigenvalue weighted by atomic mass is 19.1. The number of carbonyl (C=O) groups excluding carboxylic acids is 1. The van der Waals surface area contributed by atoms with Crippen molar-refractivity contribution in [3.8, 4) is 0 Å². The smallest absolute Gasteiger partial charge is 0.303 e. The van der Waals surface area contributed by atoms with Crippen LogP contribution in [0.25, 0.3) is 0 Å². The van der Waals surface area contributed by atoms with Crippen LogP contribution in [0.15, 0.2) is 24.3 Å². The molecule has 0 spiro atoms. The quantitative estimate of drug-likeness (QED) is 0.869. The number of anilines is 1. The molecule has 0 atom stereocenters. The molecule has 2 rings (SSSR count). The average molecular weight is 279 g/mol. The first-order valence-corrected chi connectivity index (χ1v) is 6.76. The minimum absolute atomic E-state index is 0.0316. The van der Waals surface area contributed by atoms with Crippen molar-refractivity contribution in [2.75, 3.05) is 5.32 Å². The number of halogens is 1. The summed E-state index contributed by atoms with van der Waals surface area (Å²) in [6.07, 6.45) is 3.72. The Hall–Kier alpha value is -1.91. The number of hydrogen-bond donors (Lipinski definition) is 2. The summed E-state index contributed by atoms with van der Waals surface area (Å²) in [6.45, 7) is 0. The molecule has 0 heterocycles. The summed E-state index contributed by atoms with van der Waals surface area (Å²) in [5.41, 5.74) is 0.107. The van der Waals surface area contributed by atoms with E-state index in [0.717, 1.165) is 25.7 Å². The van der Waals surface area contributed by atoms with Gasteiger partial charge in [-0.15, -0.1) is 0 Å². The third-order valence-corrected chi connectivity index (χ3v) is 3.85. The van der Waals surface area contributed by atoms with Crippen LogP contribution in [-0.2, 0) is 9.59 Å². The van der Waals surface area contributed by atoms with Crippen LogP contribution in [0, 0.1) is 11.2 Å². The SMILES string of the molecule is O=C(O)CC1(CC(=O)Nc2ccc(F)cc2)CCCC1. The Bertz CT molecular complexity index is 492. The van der Waals surface area contributed by atoms with Crippen molar-refractivity contribution in [3.63, 3.8) is 0 Å². The Morgan fingerprint density at radius 1 is 1.15 bits per heavy atom. The van der Waals surface area contributed by atoms with Gasteiger partial charge in [0.2, 0.25) is 5.91 Å². The zero-order chi connectivity index (χ0) is 14.6. The molecule has 0 radical (unpaired) electrons. The summed E-state index contributed by atoms with van der Waals surface area (Å²) in [5.74, 6) is -1.43. The molecule has 0 unspecified atom stereocenters. The van der Waals surface area contributed by atoms with E-state index in [0.29, 0.717) is 5.69 Å². The van der Waals surface area contributed by atoms with Crippen LogP contribution < -0.4 is 5.32 Å². The number of carbonyl (C=O) groups is 2. The van der Waals surface area contributed by atoms with Crippen molar-refractivity contribution in [1.29, 1.82) is 0 Å². The molecule has 1 aliphatic rings. The van der Waals surface area contributed by atoms with E-state index >= 15 is 0 Å². The highest BCUT2D eigenvalue weighted by molar-refractivity contribution is 5.91. The summed E-state index contributed by atoms with van der Waals surface area (Å²) in [7, 11) is 0. The molecule has 5 heteroatoms. The maximum absolute atomic E-state index is 12.8. The number of amides is 1. The summed E-state index contributed by atoms with van der Waals surface area (Å²) in [5, 5.41) is 11.7. The molecule has 0 bridgehead atoms. The first-order valence-electron chi connectivity index (χ1n) is 6.76. The Labute approximate surface area is 117 Å². The second-order valence-electron chi connectivity index (χ2n) is 5.51. The predicted molar refractivity (Wildman–Crippen MR) is 72.8 cm³/mol. The van der Waals surface area contributed by atoms with Gasteiger partial charge in [-0.3, -0.25) is 9.59 Å². The first-order chi connectivity index (χ1) is 9.49. The predicted octanol–water partition coefficient (Wildman–Crippen LogP) is 3.19. The topological polar surface area (TPSA) is 66.4 Å². The fourth-order valence-corrected chi connectivity index (χ4v) is 2.94. The summed E-state index contributed by atoms with van der Waals surface area (Å²) in [4.78, 5) is 23.0. The van der Waals surface area contributed by atoms with Crippen LogP contribution in [0.2, 0.25) is 0 Å². The van der Waals surface area contributed by atoms with Gasteiger partial charge in [-0.25, -0.2) is 4.39 Å². The molecular weight excluding hydrogens is 261 g/mol. The summed E-state index contributed by atoms with van der Waals surface area (Å²) >= 11 is 0. The molecule has 1 saturated carbocycles. The standard InChI is InChI=1S/C15H18FNO3/c16-11-3-5-12(6-4-11)17-13(18)9-15(10-14(19)20)7-1-2-8-15/h3-6H,1-2,7-10H2,(H,17,18)(H,19,20). The lowest BCUT2D eigenvalue weighted by Gasteiger charge is -2.26. The summed E-state index contributed by atoms with van der Waals surface area (Å²) in [6, 6.07) is 5.54. The van der Waals surface area contributed by atoms with Gasteiger partial charge in [-0.2, -0.15) is 0 Å². The van der Waals surface area contributed by atoms with Gasteiger partial charge < -0.3 is 10.4 Å². The van der Waals surface area contributed by atoms with Gasteiger partial charge in [0.05, 0.1) is 6.42 Å². The fourth-order valence-electron chi connectivity index (χ4n) is 2.94. The first kappa shape index (κ1) is 14.5. The number of carboxylic acids is 1. The normalized spacial score (nSPS) is 16.9. The highest BCUT2D eigenvalue weighted by Crippen LogP contribution is 2.44. The Morgan fingerprint density at radius 3 is 2.30 bits per heavy atom. The molecule has 0 saturated heterocycles. The fraction of sp³-hybridized carbons (Fsp3) is 0.467. The van der Waals surface area contributed by atoms with Gasteiger partial charge in [0.1, 0.15) is 5.82 Å². The molecule has 0 aliphatic heterocycles. The molecular formula is C15H18FNO3. The third-order valence-electron chi connectivity index (χ3n) is 3.85. The maximum atomic E-state index is 12.8. The maximum Gasteiger partial charge on any atom is 0.303 e. The van der Waals surface area contributed by atoms with E-state index in [-0.39, 0.29) is 24.6 Å². The molecule has 1 amide bonds. The van der Waals surface area contributed by atoms with Crippen LogP contribution in [0.4, 0.5) is 10.1 Å². The lowest BCUT2D eigenvalue weighted by Crippen LogP contribution is -2.27. The van der Waals surface area contributed by atoms with Crippen molar-refractivity contribution < 1.29 is 19.1 Å². The van der Waals surface area contributed by atoms with Crippen LogP contribution in [-0.4, -0.2) is 17.0 Å². The van der Waals surface area contributed by atoms with E-state index in [1.807, 2.05) is 0 Å². The lowest BCUT2D eigenvalue weighted by atomic mass is 9.79. The largest absolute Gasteiger partial charge is 0.481 e. The second kappa shape index (κ2) is 6.03. The van der Waals surface area contributed by atoms with Gasteiger partial charge in [-0.1, -0.05) is 12.8 Å². The van der Waals surface area contributed by atoms with E-state index < -0.39 is 11.4 Å². The van der Waals surface area contributed by atoms with Gasteiger partial charge in [0, 0.05) is 12.1 Å². The van der Waals surface area contributed by atoms with Crippen molar-refractivity contribution in [1.82, 2.24) is 0 Å². The van der Waals surface area contributed by atoms with E-state index in [1.54, 1.807) is 0 Å². The van der Waals surface area contributed by atoms with Crippen LogP contribution in [0.1, 0.15) is 38.5 Å². The minimum atomic E-state index is -0.860. The van der Waals surface area contributed by atoms with E-state index in [4.69, 9.17) is 5.11 Å². The zero-order valence-electron chi connectivity index (χ0n) is 11.2. The third kappa shape index (κ3) is 3.79. The lowest BCUT2D eigenvalue weighted by molar-refractivity contribution is -0.140. The molecule has 1 aromatic rings. The molecule has 108 valence electrons.